The largest absolute Gasteiger partial charge is 0.398 e. The molecule has 2 aromatic carbocycles. The van der Waals surface area contributed by atoms with Gasteiger partial charge in [-0.1, -0.05) is 43.8 Å². The molecule has 0 aliphatic rings. The summed E-state index contributed by atoms with van der Waals surface area (Å²) in [5.74, 6) is 0. The molecule has 0 spiro atoms. The van der Waals surface area contributed by atoms with E-state index in [1.54, 1.807) is 36.4 Å². The van der Waals surface area contributed by atoms with Gasteiger partial charge < -0.3 is 10.6 Å². The highest BCUT2D eigenvalue weighted by atomic mass is 32.2. The summed E-state index contributed by atoms with van der Waals surface area (Å²) in [7, 11) is -1.60. The van der Waals surface area contributed by atoms with Crippen molar-refractivity contribution in [1.82, 2.24) is 4.90 Å². The van der Waals surface area contributed by atoms with Crippen molar-refractivity contribution in [3.8, 4) is 0 Å². The SMILES string of the molecule is C=C(c1c(N)cccc1CCCN(C)CC)S(=O)(=O)c1ccccc1. The van der Waals surface area contributed by atoms with E-state index >= 15 is 0 Å². The van der Waals surface area contributed by atoms with E-state index < -0.39 is 9.84 Å². The second-order valence-electron chi connectivity index (χ2n) is 6.12. The molecule has 0 amide bonds. The van der Waals surface area contributed by atoms with Crippen LogP contribution in [0.3, 0.4) is 0 Å². The summed E-state index contributed by atoms with van der Waals surface area (Å²) in [4.78, 5) is 2.53. The van der Waals surface area contributed by atoms with Crippen LogP contribution in [0.1, 0.15) is 24.5 Å². The monoisotopic (exact) mass is 358 g/mol. The minimum atomic E-state index is -3.67. The average Bonchev–Trinajstić information content (AvgIpc) is 2.62. The number of aryl methyl sites for hydroxylation is 1. The molecule has 0 atom stereocenters. The first kappa shape index (κ1) is 19.2. The third kappa shape index (κ3) is 4.50. The molecular formula is C20H26N2O2S. The van der Waals surface area contributed by atoms with Gasteiger partial charge in [0.05, 0.1) is 9.80 Å². The number of benzene rings is 2. The van der Waals surface area contributed by atoms with Gasteiger partial charge in [-0.05, 0) is 56.7 Å². The predicted octanol–water partition coefficient (Wildman–Crippen LogP) is 3.60. The number of nitrogens with zero attached hydrogens (tertiary/aromatic N) is 1. The molecule has 5 heteroatoms. The molecule has 0 saturated heterocycles. The van der Waals surface area contributed by atoms with Gasteiger partial charge in [-0.2, -0.15) is 0 Å². The van der Waals surface area contributed by atoms with Crippen molar-refractivity contribution in [3.05, 3.63) is 66.2 Å². The van der Waals surface area contributed by atoms with Crippen molar-refractivity contribution in [2.24, 2.45) is 0 Å². The molecule has 134 valence electrons. The number of anilines is 1. The number of hydrogen-bond donors (Lipinski definition) is 1. The molecule has 0 aromatic heterocycles. The summed E-state index contributed by atoms with van der Waals surface area (Å²) in [5.41, 5.74) is 8.04. The van der Waals surface area contributed by atoms with Gasteiger partial charge >= 0.3 is 0 Å². The van der Waals surface area contributed by atoms with Crippen LogP contribution in [0.4, 0.5) is 5.69 Å². The first-order valence-electron chi connectivity index (χ1n) is 8.43. The van der Waals surface area contributed by atoms with Crippen LogP contribution < -0.4 is 5.73 Å². The Kier molecular flexibility index (Phi) is 6.39. The fourth-order valence-corrected chi connectivity index (χ4v) is 4.06. The lowest BCUT2D eigenvalue weighted by molar-refractivity contribution is 0.347. The van der Waals surface area contributed by atoms with E-state index in [9.17, 15) is 8.42 Å². The number of nitrogens with two attached hydrogens (primary N) is 1. The molecule has 2 aromatic rings. The molecule has 0 aliphatic heterocycles. The molecular weight excluding hydrogens is 332 g/mol. The van der Waals surface area contributed by atoms with Crippen LogP contribution in [0.2, 0.25) is 0 Å². The first-order chi connectivity index (χ1) is 11.9. The minimum Gasteiger partial charge on any atom is -0.398 e. The fourth-order valence-electron chi connectivity index (χ4n) is 2.74. The zero-order valence-corrected chi connectivity index (χ0v) is 15.7. The maximum atomic E-state index is 12.9. The molecule has 0 radical (unpaired) electrons. The third-order valence-electron chi connectivity index (χ3n) is 4.37. The molecule has 2 N–H and O–H groups in total. The van der Waals surface area contributed by atoms with E-state index in [1.807, 2.05) is 12.1 Å². The van der Waals surface area contributed by atoms with E-state index in [-0.39, 0.29) is 9.80 Å². The Hall–Kier alpha value is -2.11. The Bertz CT molecular complexity index is 830. The summed E-state index contributed by atoms with van der Waals surface area (Å²) in [6.07, 6.45) is 1.69. The summed E-state index contributed by atoms with van der Waals surface area (Å²) < 4.78 is 25.8. The zero-order valence-electron chi connectivity index (χ0n) is 14.9. The summed E-state index contributed by atoms with van der Waals surface area (Å²) >= 11 is 0. The lowest BCUT2D eigenvalue weighted by atomic mass is 10.0. The molecule has 25 heavy (non-hydrogen) atoms. The fraction of sp³-hybridized carbons (Fsp3) is 0.300. The van der Waals surface area contributed by atoms with Crippen molar-refractivity contribution >= 4 is 20.4 Å². The number of nitrogen functional groups attached to an aromatic ring is 1. The molecule has 4 nitrogen and oxygen atoms in total. The Morgan fingerprint density at radius 2 is 1.80 bits per heavy atom. The maximum absolute atomic E-state index is 12.9. The molecule has 2 rings (SSSR count). The second kappa shape index (κ2) is 8.32. The van der Waals surface area contributed by atoms with Crippen molar-refractivity contribution in [1.29, 1.82) is 0 Å². The van der Waals surface area contributed by atoms with Crippen LogP contribution >= 0.6 is 0 Å². The quantitative estimate of drug-likeness (QED) is 0.733. The van der Waals surface area contributed by atoms with E-state index in [4.69, 9.17) is 5.73 Å². The Balaban J connectivity index is 2.33. The van der Waals surface area contributed by atoms with Gasteiger partial charge in [0, 0.05) is 11.3 Å². The van der Waals surface area contributed by atoms with Crippen LogP contribution in [0.25, 0.3) is 4.91 Å². The van der Waals surface area contributed by atoms with E-state index in [0.29, 0.717) is 11.3 Å². The molecule has 0 unspecified atom stereocenters. The van der Waals surface area contributed by atoms with Crippen molar-refractivity contribution < 1.29 is 8.42 Å². The number of hydrogen-bond acceptors (Lipinski definition) is 4. The topological polar surface area (TPSA) is 63.4 Å². The van der Waals surface area contributed by atoms with E-state index in [1.165, 1.54) is 0 Å². The van der Waals surface area contributed by atoms with Crippen LogP contribution in [-0.4, -0.2) is 33.5 Å². The van der Waals surface area contributed by atoms with Crippen molar-refractivity contribution in [2.45, 2.75) is 24.7 Å². The summed E-state index contributed by atoms with van der Waals surface area (Å²) in [6.45, 7) is 7.92. The summed E-state index contributed by atoms with van der Waals surface area (Å²) in [6, 6.07) is 13.9. The number of sulfone groups is 1. The minimum absolute atomic E-state index is 0.0654. The highest BCUT2D eigenvalue weighted by Crippen LogP contribution is 2.33. The maximum Gasteiger partial charge on any atom is 0.206 e. The van der Waals surface area contributed by atoms with Crippen molar-refractivity contribution in [2.75, 3.05) is 25.9 Å². The van der Waals surface area contributed by atoms with E-state index in [0.717, 1.165) is 31.5 Å². The molecule has 0 bridgehead atoms. The van der Waals surface area contributed by atoms with Gasteiger partial charge in [-0.15, -0.1) is 0 Å². The van der Waals surface area contributed by atoms with Crippen molar-refractivity contribution in [3.63, 3.8) is 0 Å². The molecule has 0 aliphatic carbocycles. The number of rotatable bonds is 8. The predicted molar refractivity (Wildman–Crippen MR) is 105 cm³/mol. The normalized spacial score (nSPS) is 11.6. The average molecular weight is 359 g/mol. The van der Waals surface area contributed by atoms with Crippen LogP contribution in [0.15, 0.2) is 60.0 Å². The van der Waals surface area contributed by atoms with E-state index in [2.05, 4.69) is 25.5 Å². The Morgan fingerprint density at radius 3 is 2.44 bits per heavy atom. The zero-order chi connectivity index (χ0) is 18.4. The Morgan fingerprint density at radius 1 is 1.12 bits per heavy atom. The molecule has 0 saturated carbocycles. The summed E-state index contributed by atoms with van der Waals surface area (Å²) in [5, 5.41) is 0. The first-order valence-corrected chi connectivity index (χ1v) is 9.91. The van der Waals surface area contributed by atoms with Crippen LogP contribution in [0.5, 0.6) is 0 Å². The lowest BCUT2D eigenvalue weighted by Gasteiger charge is -2.17. The molecule has 0 heterocycles. The Labute approximate surface area is 150 Å². The van der Waals surface area contributed by atoms with Gasteiger partial charge in [0.2, 0.25) is 9.84 Å². The smallest absolute Gasteiger partial charge is 0.206 e. The van der Waals surface area contributed by atoms with Crippen LogP contribution in [0, 0.1) is 0 Å². The highest BCUT2D eigenvalue weighted by molar-refractivity contribution is 8.00. The van der Waals surface area contributed by atoms with Gasteiger partial charge in [0.1, 0.15) is 0 Å². The van der Waals surface area contributed by atoms with Gasteiger partial charge in [-0.3, -0.25) is 0 Å². The van der Waals surface area contributed by atoms with Gasteiger partial charge in [0.25, 0.3) is 0 Å². The van der Waals surface area contributed by atoms with Crippen LogP contribution in [-0.2, 0) is 16.3 Å². The second-order valence-corrected chi connectivity index (χ2v) is 8.09. The van der Waals surface area contributed by atoms with Gasteiger partial charge in [0.15, 0.2) is 0 Å². The standard InChI is InChI=1S/C20H26N2O2S/c1-4-22(3)15-9-11-17-10-8-14-19(21)20(17)16(2)25(23,24)18-12-6-5-7-13-18/h5-8,10,12-14H,2,4,9,11,15,21H2,1,3H3. The molecule has 0 fully saturated rings. The highest BCUT2D eigenvalue weighted by Gasteiger charge is 2.23. The third-order valence-corrected chi connectivity index (χ3v) is 6.11. The van der Waals surface area contributed by atoms with Gasteiger partial charge in [-0.25, -0.2) is 8.42 Å². The lowest BCUT2D eigenvalue weighted by Crippen LogP contribution is -2.19.